The first-order valence-corrected chi connectivity index (χ1v) is 9.41. The summed E-state index contributed by atoms with van der Waals surface area (Å²) in [6, 6.07) is 4.94. The predicted molar refractivity (Wildman–Crippen MR) is 95.3 cm³/mol. The van der Waals surface area contributed by atoms with E-state index in [1.807, 2.05) is 4.90 Å². The number of benzene rings is 1. The molecule has 30 heavy (non-hydrogen) atoms. The number of hydrogen-bond acceptors (Lipinski definition) is 4. The number of aromatic hydroxyl groups is 1. The summed E-state index contributed by atoms with van der Waals surface area (Å²) < 4.78 is 82.2. The van der Waals surface area contributed by atoms with Gasteiger partial charge in [-0.05, 0) is 43.2 Å². The molecule has 0 amide bonds. The third-order valence-corrected chi connectivity index (χ3v) is 5.61. The van der Waals surface area contributed by atoms with Gasteiger partial charge < -0.3 is 14.7 Å². The van der Waals surface area contributed by atoms with E-state index >= 15 is 0 Å². The highest BCUT2D eigenvalue weighted by Crippen LogP contribution is 2.42. The Morgan fingerprint density at radius 1 is 0.900 bits per heavy atom. The van der Waals surface area contributed by atoms with Crippen LogP contribution in [-0.2, 0) is 12.4 Å². The first-order valence-electron chi connectivity index (χ1n) is 9.41. The van der Waals surface area contributed by atoms with Crippen molar-refractivity contribution in [2.75, 3.05) is 4.90 Å². The number of ether oxygens (including phenoxy) is 1. The van der Waals surface area contributed by atoms with E-state index in [-0.39, 0.29) is 23.9 Å². The van der Waals surface area contributed by atoms with E-state index in [4.69, 9.17) is 4.74 Å². The zero-order chi connectivity index (χ0) is 21.7. The second-order valence-corrected chi connectivity index (χ2v) is 7.59. The number of anilines is 1. The van der Waals surface area contributed by atoms with Crippen LogP contribution in [0.3, 0.4) is 0 Å². The van der Waals surface area contributed by atoms with Crippen molar-refractivity contribution in [2.24, 2.45) is 0 Å². The second kappa shape index (κ2) is 7.24. The average molecular weight is 432 g/mol. The van der Waals surface area contributed by atoms with E-state index in [1.54, 1.807) is 0 Å². The van der Waals surface area contributed by atoms with Gasteiger partial charge in [0.1, 0.15) is 11.9 Å². The molecule has 2 fully saturated rings. The van der Waals surface area contributed by atoms with Crippen LogP contribution in [-0.4, -0.2) is 28.3 Å². The van der Waals surface area contributed by atoms with E-state index < -0.39 is 29.2 Å². The monoisotopic (exact) mass is 432 g/mol. The number of piperidine rings is 1. The summed E-state index contributed by atoms with van der Waals surface area (Å²) in [5.74, 6) is -0.135. The molecular formula is C20H18F6N2O2. The number of fused-ring (bicyclic) bond motifs is 2. The number of phenolic OH excluding ortho intramolecular Hbond substituents is 1. The Morgan fingerprint density at radius 3 is 2.00 bits per heavy atom. The third kappa shape index (κ3) is 3.99. The van der Waals surface area contributed by atoms with Gasteiger partial charge in [0.15, 0.2) is 11.5 Å². The van der Waals surface area contributed by atoms with Crippen LogP contribution in [0.2, 0.25) is 0 Å². The first kappa shape index (κ1) is 20.6. The molecule has 4 rings (SSSR count). The van der Waals surface area contributed by atoms with E-state index in [0.29, 0.717) is 24.7 Å². The molecule has 10 heteroatoms. The smallest absolute Gasteiger partial charge is 0.417 e. The number of pyridine rings is 1. The van der Waals surface area contributed by atoms with Gasteiger partial charge in [0.05, 0.1) is 11.1 Å². The van der Waals surface area contributed by atoms with Crippen LogP contribution >= 0.6 is 0 Å². The zero-order valence-corrected chi connectivity index (χ0v) is 15.5. The molecule has 2 bridgehead atoms. The van der Waals surface area contributed by atoms with Crippen molar-refractivity contribution in [1.29, 1.82) is 0 Å². The average Bonchev–Trinajstić information content (AvgIpc) is 2.92. The summed E-state index contributed by atoms with van der Waals surface area (Å²) in [6.07, 6.45) is -5.84. The summed E-state index contributed by atoms with van der Waals surface area (Å²) in [6.45, 7) is 0. The van der Waals surface area contributed by atoms with E-state index in [1.165, 1.54) is 6.07 Å². The van der Waals surface area contributed by atoms with Gasteiger partial charge in [-0.2, -0.15) is 26.3 Å². The molecule has 0 spiro atoms. The third-order valence-electron chi connectivity index (χ3n) is 5.61. The normalized spacial score (nSPS) is 24.2. The largest absolute Gasteiger partial charge is 0.504 e. The second-order valence-electron chi connectivity index (χ2n) is 7.59. The summed E-state index contributed by atoms with van der Waals surface area (Å²) in [5, 5.41) is 9.92. The maximum atomic E-state index is 12.8. The molecule has 4 nitrogen and oxygen atoms in total. The lowest BCUT2D eigenvalue weighted by molar-refractivity contribution is -0.138. The highest BCUT2D eigenvalue weighted by molar-refractivity contribution is 5.46. The van der Waals surface area contributed by atoms with Crippen molar-refractivity contribution in [3.8, 4) is 11.5 Å². The first-order chi connectivity index (χ1) is 14.0. The minimum atomic E-state index is -4.56. The van der Waals surface area contributed by atoms with Gasteiger partial charge >= 0.3 is 12.4 Å². The molecular weight excluding hydrogens is 414 g/mol. The van der Waals surface area contributed by atoms with Gasteiger partial charge in [-0.15, -0.1) is 0 Å². The molecule has 1 N–H and O–H groups in total. The highest BCUT2D eigenvalue weighted by Gasteiger charge is 2.43. The fourth-order valence-electron chi connectivity index (χ4n) is 4.28. The minimum absolute atomic E-state index is 0.00502. The molecule has 3 heterocycles. The molecule has 1 unspecified atom stereocenters. The van der Waals surface area contributed by atoms with Gasteiger partial charge in [0, 0.05) is 31.1 Å². The molecule has 1 aromatic heterocycles. The van der Waals surface area contributed by atoms with E-state index in [9.17, 15) is 31.4 Å². The molecule has 0 saturated carbocycles. The standard InChI is InChI=1S/C20H18F6N2O2/c21-19(22,23)11-1-5-17(16(29)7-11)30-15-8-13-3-4-14(9-15)28(13)18-6-2-12(10-27-18)20(24,25)26/h1-2,5-7,10,13-15,29H,3-4,8-9H2/t13-,14+,15?. The SMILES string of the molecule is Oc1cc(C(F)(F)F)ccc1OC1C[C@H]2CC[C@@H](C1)N2c1ccc(C(F)(F)F)cn1. The molecule has 2 aliphatic heterocycles. The molecule has 0 aliphatic carbocycles. The Bertz CT molecular complexity index is 899. The van der Waals surface area contributed by atoms with Crippen molar-refractivity contribution < 1.29 is 36.2 Å². The van der Waals surface area contributed by atoms with Gasteiger partial charge in [-0.3, -0.25) is 0 Å². The van der Waals surface area contributed by atoms with Crippen LogP contribution in [0.1, 0.15) is 36.8 Å². The minimum Gasteiger partial charge on any atom is -0.504 e. The zero-order valence-electron chi connectivity index (χ0n) is 15.5. The summed E-state index contributed by atoms with van der Waals surface area (Å²) >= 11 is 0. The fourth-order valence-corrected chi connectivity index (χ4v) is 4.28. The lowest BCUT2D eigenvalue weighted by Gasteiger charge is -2.39. The molecule has 2 saturated heterocycles. The fraction of sp³-hybridized carbons (Fsp3) is 0.450. The Hall–Kier alpha value is -2.65. The Morgan fingerprint density at radius 2 is 1.50 bits per heavy atom. The lowest BCUT2D eigenvalue weighted by Crippen LogP contribution is -2.46. The summed E-state index contributed by atoms with van der Waals surface area (Å²) in [5.41, 5.74) is -1.77. The van der Waals surface area contributed by atoms with Crippen LogP contribution < -0.4 is 9.64 Å². The number of aromatic nitrogens is 1. The maximum Gasteiger partial charge on any atom is 0.417 e. The molecule has 2 aliphatic rings. The van der Waals surface area contributed by atoms with Gasteiger partial charge in [0.2, 0.25) is 0 Å². The number of halogens is 6. The molecule has 0 radical (unpaired) electrons. The van der Waals surface area contributed by atoms with Crippen molar-refractivity contribution in [1.82, 2.24) is 4.98 Å². The number of alkyl halides is 6. The van der Waals surface area contributed by atoms with Crippen LogP contribution in [0.25, 0.3) is 0 Å². The van der Waals surface area contributed by atoms with E-state index in [0.717, 1.165) is 37.2 Å². The maximum absolute atomic E-state index is 12.8. The molecule has 1 aromatic carbocycles. The van der Waals surface area contributed by atoms with Crippen LogP contribution in [0.4, 0.5) is 32.2 Å². The number of hydrogen-bond donors (Lipinski definition) is 1. The number of phenols is 1. The van der Waals surface area contributed by atoms with Gasteiger partial charge in [0.25, 0.3) is 0 Å². The molecule has 3 atom stereocenters. The van der Waals surface area contributed by atoms with E-state index in [2.05, 4.69) is 4.98 Å². The van der Waals surface area contributed by atoms with Crippen molar-refractivity contribution in [3.63, 3.8) is 0 Å². The van der Waals surface area contributed by atoms with Crippen LogP contribution in [0.5, 0.6) is 11.5 Å². The molecule has 162 valence electrons. The summed E-state index contributed by atoms with van der Waals surface area (Å²) in [4.78, 5) is 5.98. The highest BCUT2D eigenvalue weighted by atomic mass is 19.4. The van der Waals surface area contributed by atoms with Crippen molar-refractivity contribution in [2.45, 2.75) is 56.2 Å². The van der Waals surface area contributed by atoms with Gasteiger partial charge in [-0.1, -0.05) is 0 Å². The Kier molecular flexibility index (Phi) is 4.98. The number of rotatable bonds is 3. The van der Waals surface area contributed by atoms with Crippen molar-refractivity contribution in [3.05, 3.63) is 47.7 Å². The topological polar surface area (TPSA) is 45.6 Å². The number of nitrogens with zero attached hydrogens (tertiary/aromatic N) is 2. The van der Waals surface area contributed by atoms with Crippen LogP contribution in [0, 0.1) is 0 Å². The quantitative estimate of drug-likeness (QED) is 0.660. The lowest BCUT2D eigenvalue weighted by atomic mass is 9.99. The van der Waals surface area contributed by atoms with Gasteiger partial charge in [-0.25, -0.2) is 4.98 Å². The summed E-state index contributed by atoms with van der Waals surface area (Å²) in [7, 11) is 0. The van der Waals surface area contributed by atoms with Crippen LogP contribution in [0.15, 0.2) is 36.5 Å². The molecule has 2 aromatic rings. The van der Waals surface area contributed by atoms with Crippen molar-refractivity contribution >= 4 is 5.82 Å². The Labute approximate surface area is 168 Å². The Balaban J connectivity index is 1.46. The predicted octanol–water partition coefficient (Wildman–Crippen LogP) is 5.40.